The van der Waals surface area contributed by atoms with E-state index in [0.29, 0.717) is 18.0 Å². The number of likely N-dealkylation sites (N-methyl/N-ethyl adjacent to an activating group) is 1. The first-order valence-corrected chi connectivity index (χ1v) is 8.85. The minimum Gasteiger partial charge on any atom is -0.495 e. The summed E-state index contributed by atoms with van der Waals surface area (Å²) in [7, 11) is 1.49. The fraction of sp³-hybridized carbons (Fsp3) is 0.300. The molecular weight excluding hydrogens is 387 g/mol. The lowest BCUT2D eigenvalue weighted by Crippen LogP contribution is -2.38. The maximum atomic E-state index is 12.8. The molecule has 6 nitrogen and oxygen atoms in total. The van der Waals surface area contributed by atoms with Gasteiger partial charge in [0.15, 0.2) is 0 Å². The number of carbonyl (C=O) groups is 2. The van der Waals surface area contributed by atoms with Gasteiger partial charge in [-0.3, -0.25) is 14.5 Å². The Bertz CT molecular complexity index is 856. The van der Waals surface area contributed by atoms with E-state index in [1.54, 1.807) is 36.1 Å². The van der Waals surface area contributed by atoms with Gasteiger partial charge in [-0.1, -0.05) is 25.1 Å². The average molecular weight is 409 g/mol. The standard InChI is InChI=1S/C20H22F3N3O3/c1-3-26(13-19(28)25-16-9-4-5-10-17(16)29-2)12-18(27)24-15-8-6-7-14(11-15)20(21,22)23/h4-11H,3,12-13H2,1-2H3,(H,24,27)(H,25,28). The number of anilines is 2. The van der Waals surface area contributed by atoms with Gasteiger partial charge in [-0.2, -0.15) is 13.2 Å². The molecule has 0 fully saturated rings. The summed E-state index contributed by atoms with van der Waals surface area (Å²) in [5, 5.41) is 5.14. The molecule has 2 rings (SSSR count). The van der Waals surface area contributed by atoms with Crippen molar-refractivity contribution in [1.82, 2.24) is 4.90 Å². The van der Waals surface area contributed by atoms with E-state index in [2.05, 4.69) is 10.6 Å². The molecule has 29 heavy (non-hydrogen) atoms. The van der Waals surface area contributed by atoms with Gasteiger partial charge in [0.05, 0.1) is 31.5 Å². The molecule has 0 aromatic heterocycles. The first-order valence-electron chi connectivity index (χ1n) is 8.85. The highest BCUT2D eigenvalue weighted by atomic mass is 19.4. The van der Waals surface area contributed by atoms with Crippen molar-refractivity contribution in [3.8, 4) is 5.75 Å². The molecule has 2 amide bonds. The van der Waals surface area contributed by atoms with Crippen molar-refractivity contribution in [2.24, 2.45) is 0 Å². The van der Waals surface area contributed by atoms with Crippen molar-refractivity contribution in [3.05, 3.63) is 54.1 Å². The van der Waals surface area contributed by atoms with Crippen LogP contribution in [0.1, 0.15) is 12.5 Å². The Hall–Kier alpha value is -3.07. The van der Waals surface area contributed by atoms with Crippen LogP contribution in [0.15, 0.2) is 48.5 Å². The van der Waals surface area contributed by atoms with Gasteiger partial charge >= 0.3 is 6.18 Å². The van der Waals surface area contributed by atoms with Crippen LogP contribution in [0.4, 0.5) is 24.5 Å². The molecule has 156 valence electrons. The summed E-state index contributed by atoms with van der Waals surface area (Å²) in [6.07, 6.45) is -4.49. The number of ether oxygens (including phenoxy) is 1. The van der Waals surface area contributed by atoms with Gasteiger partial charge in [0, 0.05) is 5.69 Å². The van der Waals surface area contributed by atoms with Crippen molar-refractivity contribution < 1.29 is 27.5 Å². The van der Waals surface area contributed by atoms with Crippen LogP contribution in [0.2, 0.25) is 0 Å². The maximum absolute atomic E-state index is 12.8. The summed E-state index contributed by atoms with van der Waals surface area (Å²) < 4.78 is 43.5. The minimum absolute atomic E-state index is 0.0411. The molecule has 2 aromatic carbocycles. The smallest absolute Gasteiger partial charge is 0.416 e. The summed E-state index contributed by atoms with van der Waals surface area (Å²) in [4.78, 5) is 26.0. The molecule has 0 saturated carbocycles. The summed E-state index contributed by atoms with van der Waals surface area (Å²) in [5.74, 6) is -0.356. The van der Waals surface area contributed by atoms with E-state index in [0.717, 1.165) is 12.1 Å². The first kappa shape index (κ1) is 22.2. The molecule has 0 atom stereocenters. The molecule has 0 unspecified atom stereocenters. The van der Waals surface area contributed by atoms with Crippen LogP contribution < -0.4 is 15.4 Å². The zero-order valence-corrected chi connectivity index (χ0v) is 16.0. The Kier molecular flexibility index (Phi) is 7.60. The number of alkyl halides is 3. The van der Waals surface area contributed by atoms with Gasteiger partial charge in [-0.15, -0.1) is 0 Å². The van der Waals surface area contributed by atoms with E-state index in [-0.39, 0.29) is 24.7 Å². The summed E-state index contributed by atoms with van der Waals surface area (Å²) >= 11 is 0. The first-order chi connectivity index (χ1) is 13.7. The zero-order chi connectivity index (χ0) is 21.4. The third kappa shape index (κ3) is 6.79. The van der Waals surface area contributed by atoms with Crippen molar-refractivity contribution >= 4 is 23.2 Å². The lowest BCUT2D eigenvalue weighted by Gasteiger charge is -2.20. The summed E-state index contributed by atoms with van der Waals surface area (Å²) in [6.45, 7) is 1.96. The van der Waals surface area contributed by atoms with Gasteiger partial charge in [-0.05, 0) is 36.9 Å². The number of benzene rings is 2. The molecule has 0 saturated heterocycles. The lowest BCUT2D eigenvalue weighted by atomic mass is 10.2. The molecular formula is C20H22F3N3O3. The number of rotatable bonds is 8. The van der Waals surface area contributed by atoms with Crippen LogP contribution >= 0.6 is 0 Å². The lowest BCUT2D eigenvalue weighted by molar-refractivity contribution is -0.137. The second-order valence-corrected chi connectivity index (χ2v) is 6.18. The highest BCUT2D eigenvalue weighted by Gasteiger charge is 2.30. The normalized spacial score (nSPS) is 11.2. The number of methoxy groups -OCH3 is 1. The number of hydrogen-bond acceptors (Lipinski definition) is 4. The van der Waals surface area contributed by atoms with Crippen molar-refractivity contribution in [2.75, 3.05) is 37.4 Å². The number of nitrogens with one attached hydrogen (secondary N) is 2. The Morgan fingerprint density at radius 3 is 2.28 bits per heavy atom. The maximum Gasteiger partial charge on any atom is 0.416 e. The van der Waals surface area contributed by atoms with Crippen LogP contribution in [0, 0.1) is 0 Å². The SMILES string of the molecule is CCN(CC(=O)Nc1cccc(C(F)(F)F)c1)CC(=O)Nc1ccccc1OC. The van der Waals surface area contributed by atoms with Crippen LogP contribution in [0.25, 0.3) is 0 Å². The van der Waals surface area contributed by atoms with Gasteiger partial charge in [0.25, 0.3) is 0 Å². The fourth-order valence-electron chi connectivity index (χ4n) is 2.60. The second kappa shape index (κ2) is 9.92. The molecule has 2 N–H and O–H groups in total. The number of hydrogen-bond donors (Lipinski definition) is 2. The summed E-state index contributed by atoms with van der Waals surface area (Å²) in [5.41, 5.74) is -0.303. The fourth-order valence-corrected chi connectivity index (χ4v) is 2.60. The van der Waals surface area contributed by atoms with Crippen LogP contribution in [-0.2, 0) is 15.8 Å². The van der Waals surface area contributed by atoms with E-state index in [9.17, 15) is 22.8 Å². The van der Waals surface area contributed by atoms with Gasteiger partial charge in [0.2, 0.25) is 11.8 Å². The molecule has 0 aliphatic heterocycles. The minimum atomic E-state index is -4.49. The molecule has 9 heteroatoms. The molecule has 0 heterocycles. The molecule has 0 radical (unpaired) electrons. The molecule has 0 aliphatic carbocycles. The Balaban J connectivity index is 1.93. The van der Waals surface area contributed by atoms with E-state index in [1.165, 1.54) is 19.2 Å². The zero-order valence-electron chi connectivity index (χ0n) is 16.0. The Morgan fingerprint density at radius 1 is 1.00 bits per heavy atom. The van der Waals surface area contributed by atoms with Crippen molar-refractivity contribution in [1.29, 1.82) is 0 Å². The second-order valence-electron chi connectivity index (χ2n) is 6.18. The topological polar surface area (TPSA) is 70.7 Å². The number of carbonyl (C=O) groups excluding carboxylic acids is 2. The van der Waals surface area contributed by atoms with Crippen molar-refractivity contribution in [2.45, 2.75) is 13.1 Å². The number of amides is 2. The summed E-state index contributed by atoms with van der Waals surface area (Å²) in [6, 6.07) is 11.3. The third-order valence-corrected chi connectivity index (χ3v) is 4.04. The van der Waals surface area contributed by atoms with E-state index < -0.39 is 17.6 Å². The predicted octanol–water partition coefficient (Wildman–Crippen LogP) is 3.61. The molecule has 0 spiro atoms. The highest BCUT2D eigenvalue weighted by Crippen LogP contribution is 2.30. The largest absolute Gasteiger partial charge is 0.495 e. The van der Waals surface area contributed by atoms with Crippen LogP contribution in [0.3, 0.4) is 0 Å². The van der Waals surface area contributed by atoms with Gasteiger partial charge in [-0.25, -0.2) is 0 Å². The predicted molar refractivity (Wildman–Crippen MR) is 104 cm³/mol. The Morgan fingerprint density at radius 2 is 1.66 bits per heavy atom. The molecule has 0 aliphatic rings. The van der Waals surface area contributed by atoms with Crippen LogP contribution in [-0.4, -0.2) is 43.5 Å². The van der Waals surface area contributed by atoms with Crippen molar-refractivity contribution in [3.63, 3.8) is 0 Å². The average Bonchev–Trinajstić information content (AvgIpc) is 2.67. The molecule has 2 aromatic rings. The number of nitrogens with zero attached hydrogens (tertiary/aromatic N) is 1. The number of para-hydroxylation sites is 2. The third-order valence-electron chi connectivity index (χ3n) is 4.04. The molecule has 0 bridgehead atoms. The van der Waals surface area contributed by atoms with E-state index >= 15 is 0 Å². The van der Waals surface area contributed by atoms with E-state index in [1.807, 2.05) is 0 Å². The van der Waals surface area contributed by atoms with Gasteiger partial charge in [0.1, 0.15) is 5.75 Å². The number of halogens is 3. The van der Waals surface area contributed by atoms with Gasteiger partial charge < -0.3 is 15.4 Å². The highest BCUT2D eigenvalue weighted by molar-refractivity contribution is 5.95. The monoisotopic (exact) mass is 409 g/mol. The van der Waals surface area contributed by atoms with Crippen LogP contribution in [0.5, 0.6) is 5.75 Å². The Labute approximate surface area is 166 Å². The quantitative estimate of drug-likeness (QED) is 0.699. The van der Waals surface area contributed by atoms with E-state index in [4.69, 9.17) is 4.74 Å².